The van der Waals surface area contributed by atoms with Gasteiger partial charge in [-0.3, -0.25) is 4.79 Å². The van der Waals surface area contributed by atoms with Crippen molar-refractivity contribution >= 4 is 11.6 Å². The average molecular weight is 276 g/mol. The lowest BCUT2D eigenvalue weighted by Gasteiger charge is -2.24. The Balaban J connectivity index is 1.90. The molecule has 2 rings (SSSR count). The van der Waals surface area contributed by atoms with Crippen molar-refractivity contribution in [1.82, 2.24) is 0 Å². The molecule has 1 heterocycles. The number of amides is 1. The summed E-state index contributed by atoms with van der Waals surface area (Å²) in [5.74, 6) is 0.125. The predicted octanol–water partition coefficient (Wildman–Crippen LogP) is 2.46. The minimum Gasteiger partial charge on any atom is -0.378 e. The molecule has 1 aromatic rings. The maximum Gasteiger partial charge on any atom is 0.226 e. The topological polar surface area (TPSA) is 55.6 Å². The van der Waals surface area contributed by atoms with Crippen molar-refractivity contribution in [1.29, 1.82) is 0 Å². The van der Waals surface area contributed by atoms with Crippen LogP contribution < -0.4 is 10.6 Å². The average Bonchev–Trinajstić information content (AvgIpc) is 2.52. The molecule has 4 heteroatoms. The van der Waals surface area contributed by atoms with E-state index in [0.29, 0.717) is 13.0 Å². The number of nitrogens with two attached hydrogens (primary N) is 1. The Bertz CT molecular complexity index is 442. The van der Waals surface area contributed by atoms with Gasteiger partial charge in [0, 0.05) is 32.3 Å². The summed E-state index contributed by atoms with van der Waals surface area (Å²) in [5.41, 5.74) is 7.63. The molecule has 0 bridgehead atoms. The van der Waals surface area contributed by atoms with E-state index in [4.69, 9.17) is 10.5 Å². The molecular formula is C16H24N2O2. The van der Waals surface area contributed by atoms with Gasteiger partial charge in [0.1, 0.15) is 0 Å². The Labute approximate surface area is 120 Å². The van der Waals surface area contributed by atoms with Gasteiger partial charge < -0.3 is 15.4 Å². The molecule has 1 atom stereocenters. The van der Waals surface area contributed by atoms with Crippen LogP contribution in [0, 0.1) is 0 Å². The molecule has 0 aromatic heterocycles. The molecule has 0 radical (unpaired) electrons. The monoisotopic (exact) mass is 276 g/mol. The van der Waals surface area contributed by atoms with Crippen LogP contribution in [0.1, 0.15) is 37.7 Å². The highest BCUT2D eigenvalue weighted by Crippen LogP contribution is 2.21. The molecule has 110 valence electrons. The molecule has 20 heavy (non-hydrogen) atoms. The van der Waals surface area contributed by atoms with Crippen molar-refractivity contribution < 1.29 is 9.53 Å². The van der Waals surface area contributed by atoms with Crippen LogP contribution >= 0.6 is 0 Å². The van der Waals surface area contributed by atoms with Gasteiger partial charge in [-0.25, -0.2) is 0 Å². The zero-order chi connectivity index (χ0) is 14.4. The molecule has 0 spiro atoms. The van der Waals surface area contributed by atoms with Gasteiger partial charge in [0.15, 0.2) is 0 Å². The lowest BCUT2D eigenvalue weighted by Crippen LogP contribution is -2.29. The van der Waals surface area contributed by atoms with E-state index < -0.39 is 0 Å². The molecule has 1 fully saturated rings. The number of nitrogens with zero attached hydrogens (tertiary/aromatic N) is 1. The van der Waals surface area contributed by atoms with Crippen molar-refractivity contribution in [3.63, 3.8) is 0 Å². The highest BCUT2D eigenvalue weighted by Gasteiger charge is 2.18. The molecule has 1 unspecified atom stereocenters. The van der Waals surface area contributed by atoms with Crippen LogP contribution in [0.15, 0.2) is 24.3 Å². The molecule has 1 aliphatic heterocycles. The van der Waals surface area contributed by atoms with Gasteiger partial charge in [-0.1, -0.05) is 18.2 Å². The summed E-state index contributed by atoms with van der Waals surface area (Å²) >= 11 is 0. The molecule has 0 aliphatic carbocycles. The Morgan fingerprint density at radius 3 is 2.90 bits per heavy atom. The fourth-order valence-corrected chi connectivity index (χ4v) is 2.63. The minimum atomic E-state index is 0.125. The van der Waals surface area contributed by atoms with Crippen molar-refractivity contribution in [3.05, 3.63) is 29.8 Å². The van der Waals surface area contributed by atoms with E-state index in [1.807, 2.05) is 31.3 Å². The zero-order valence-electron chi connectivity index (χ0n) is 12.2. The summed E-state index contributed by atoms with van der Waals surface area (Å²) in [6.07, 6.45) is 5.04. The lowest BCUT2D eigenvalue weighted by atomic mass is 10.0. The van der Waals surface area contributed by atoms with E-state index in [9.17, 15) is 4.79 Å². The smallest absolute Gasteiger partial charge is 0.226 e. The summed E-state index contributed by atoms with van der Waals surface area (Å²) in [6.45, 7) is 1.28. The number of para-hydroxylation sites is 1. The van der Waals surface area contributed by atoms with Gasteiger partial charge in [0.05, 0.1) is 6.10 Å². The van der Waals surface area contributed by atoms with Crippen LogP contribution in [0.5, 0.6) is 0 Å². The van der Waals surface area contributed by atoms with Crippen molar-refractivity contribution in [2.24, 2.45) is 5.73 Å². The van der Waals surface area contributed by atoms with E-state index >= 15 is 0 Å². The number of hydrogen-bond acceptors (Lipinski definition) is 3. The zero-order valence-corrected chi connectivity index (χ0v) is 12.2. The summed E-state index contributed by atoms with van der Waals surface area (Å²) < 4.78 is 5.67. The largest absolute Gasteiger partial charge is 0.378 e. The van der Waals surface area contributed by atoms with Crippen LogP contribution in [0.4, 0.5) is 5.69 Å². The number of anilines is 1. The summed E-state index contributed by atoms with van der Waals surface area (Å²) in [5, 5.41) is 0. The Morgan fingerprint density at radius 1 is 1.40 bits per heavy atom. The first-order valence-corrected chi connectivity index (χ1v) is 7.38. The third kappa shape index (κ3) is 3.81. The molecule has 0 saturated carbocycles. The minimum absolute atomic E-state index is 0.125. The van der Waals surface area contributed by atoms with E-state index in [0.717, 1.165) is 37.1 Å². The summed E-state index contributed by atoms with van der Waals surface area (Å²) in [6, 6.07) is 7.78. The van der Waals surface area contributed by atoms with E-state index in [2.05, 4.69) is 0 Å². The maximum atomic E-state index is 12.3. The van der Waals surface area contributed by atoms with Crippen LogP contribution in [0.3, 0.4) is 0 Å². The summed E-state index contributed by atoms with van der Waals surface area (Å²) in [4.78, 5) is 14.0. The van der Waals surface area contributed by atoms with E-state index in [1.54, 1.807) is 4.90 Å². The second-order valence-electron chi connectivity index (χ2n) is 5.31. The quantitative estimate of drug-likeness (QED) is 0.898. The highest BCUT2D eigenvalue weighted by molar-refractivity contribution is 5.93. The molecular weight excluding hydrogens is 252 g/mol. The van der Waals surface area contributed by atoms with Crippen molar-refractivity contribution in [3.8, 4) is 0 Å². The van der Waals surface area contributed by atoms with Gasteiger partial charge in [0.2, 0.25) is 5.91 Å². The second-order valence-corrected chi connectivity index (χ2v) is 5.31. The van der Waals surface area contributed by atoms with E-state index in [-0.39, 0.29) is 12.0 Å². The fourth-order valence-electron chi connectivity index (χ4n) is 2.63. The standard InChI is InChI=1S/C16H24N2O2/c1-18(15-8-3-2-6-13(15)12-17)16(19)10-9-14-7-4-5-11-20-14/h2-3,6,8,14H,4-5,7,9-12,17H2,1H3. The predicted molar refractivity (Wildman–Crippen MR) is 80.6 cm³/mol. The number of benzene rings is 1. The van der Waals surface area contributed by atoms with Crippen LogP contribution in [-0.4, -0.2) is 25.7 Å². The van der Waals surface area contributed by atoms with Gasteiger partial charge in [-0.05, 0) is 37.3 Å². The van der Waals surface area contributed by atoms with Crippen LogP contribution in [0.25, 0.3) is 0 Å². The van der Waals surface area contributed by atoms with Crippen molar-refractivity contribution in [2.75, 3.05) is 18.6 Å². The molecule has 4 nitrogen and oxygen atoms in total. The molecule has 1 amide bonds. The number of rotatable bonds is 5. The van der Waals surface area contributed by atoms with Gasteiger partial charge in [0.25, 0.3) is 0 Å². The number of carbonyl (C=O) groups excluding carboxylic acids is 1. The van der Waals surface area contributed by atoms with Crippen LogP contribution in [0.2, 0.25) is 0 Å². The van der Waals surface area contributed by atoms with Crippen LogP contribution in [-0.2, 0) is 16.1 Å². The number of ether oxygens (including phenoxy) is 1. The number of hydrogen-bond donors (Lipinski definition) is 1. The van der Waals surface area contributed by atoms with Gasteiger partial charge in [-0.2, -0.15) is 0 Å². The molecule has 2 N–H and O–H groups in total. The normalized spacial score (nSPS) is 18.8. The van der Waals surface area contributed by atoms with E-state index in [1.165, 1.54) is 6.42 Å². The van der Waals surface area contributed by atoms with Gasteiger partial charge in [-0.15, -0.1) is 0 Å². The lowest BCUT2D eigenvalue weighted by molar-refractivity contribution is -0.119. The molecule has 1 aromatic carbocycles. The molecule has 1 saturated heterocycles. The Kier molecular flexibility index (Phi) is 5.56. The fraction of sp³-hybridized carbons (Fsp3) is 0.562. The first kappa shape index (κ1) is 15.0. The summed E-state index contributed by atoms with van der Waals surface area (Å²) in [7, 11) is 1.82. The van der Waals surface area contributed by atoms with Gasteiger partial charge >= 0.3 is 0 Å². The highest BCUT2D eigenvalue weighted by atomic mass is 16.5. The van der Waals surface area contributed by atoms with Crippen molar-refractivity contribution in [2.45, 2.75) is 44.8 Å². The molecule has 1 aliphatic rings. The first-order chi connectivity index (χ1) is 9.72. The SMILES string of the molecule is CN(C(=O)CCC1CCCCO1)c1ccccc1CN. The first-order valence-electron chi connectivity index (χ1n) is 7.38. The Hall–Kier alpha value is -1.39. The third-order valence-electron chi connectivity index (χ3n) is 3.90. The Morgan fingerprint density at radius 2 is 2.20 bits per heavy atom. The maximum absolute atomic E-state index is 12.3. The number of carbonyl (C=O) groups is 1. The second kappa shape index (κ2) is 7.41. The third-order valence-corrected chi connectivity index (χ3v) is 3.90.